The Morgan fingerprint density at radius 2 is 2.05 bits per heavy atom. The molecule has 1 atom stereocenters. The van der Waals surface area contributed by atoms with Crippen LogP contribution in [-0.2, 0) is 4.79 Å². The average Bonchev–Trinajstić information content (AvgIpc) is 2.28. The van der Waals surface area contributed by atoms with Crippen molar-refractivity contribution in [1.82, 2.24) is 5.32 Å². The predicted molar refractivity (Wildman–Crippen MR) is 78.8 cm³/mol. The van der Waals surface area contributed by atoms with Gasteiger partial charge in [0, 0.05) is 10.6 Å². The number of carbonyl (C=O) groups is 1. The van der Waals surface area contributed by atoms with Crippen molar-refractivity contribution in [3.05, 3.63) is 28.8 Å². The van der Waals surface area contributed by atoms with Crippen LogP contribution in [0, 0.1) is 6.92 Å². The molecular weight excluding hydrogens is 262 g/mol. The highest BCUT2D eigenvalue weighted by atomic mass is 35.5. The second-order valence-electron chi connectivity index (χ2n) is 5.66. The second-order valence-corrected chi connectivity index (χ2v) is 6.07. The standard InChI is InChI=1S/C15H22ClNO2/c1-6-13(14(18)17-15(3,4)5)19-11-7-8-12(16)10(2)9-11/h7-9,13H,6H2,1-5H3,(H,17,18). The van der Waals surface area contributed by atoms with Gasteiger partial charge < -0.3 is 10.1 Å². The molecular formula is C15H22ClNO2. The lowest BCUT2D eigenvalue weighted by atomic mass is 10.1. The molecule has 0 saturated carbocycles. The minimum atomic E-state index is -0.486. The average molecular weight is 284 g/mol. The zero-order valence-corrected chi connectivity index (χ0v) is 13.0. The van der Waals surface area contributed by atoms with Crippen molar-refractivity contribution in [2.24, 2.45) is 0 Å². The van der Waals surface area contributed by atoms with Crippen LogP contribution < -0.4 is 10.1 Å². The molecule has 106 valence electrons. The Kier molecular flexibility index (Phi) is 5.24. The zero-order chi connectivity index (χ0) is 14.6. The van der Waals surface area contributed by atoms with Gasteiger partial charge in [-0.1, -0.05) is 18.5 Å². The number of amides is 1. The van der Waals surface area contributed by atoms with E-state index in [1.165, 1.54) is 0 Å². The molecule has 0 radical (unpaired) electrons. The summed E-state index contributed by atoms with van der Waals surface area (Å²) in [4.78, 5) is 12.1. The fraction of sp³-hybridized carbons (Fsp3) is 0.533. The minimum absolute atomic E-state index is 0.0948. The van der Waals surface area contributed by atoms with E-state index < -0.39 is 6.10 Å². The monoisotopic (exact) mass is 283 g/mol. The minimum Gasteiger partial charge on any atom is -0.481 e. The molecule has 0 aromatic heterocycles. The van der Waals surface area contributed by atoms with Crippen LogP contribution in [0.5, 0.6) is 5.75 Å². The third kappa shape index (κ3) is 5.11. The summed E-state index contributed by atoms with van der Waals surface area (Å²) in [7, 11) is 0. The highest BCUT2D eigenvalue weighted by molar-refractivity contribution is 6.31. The van der Waals surface area contributed by atoms with Crippen LogP contribution in [0.3, 0.4) is 0 Å². The van der Waals surface area contributed by atoms with E-state index >= 15 is 0 Å². The number of nitrogens with one attached hydrogen (secondary N) is 1. The van der Waals surface area contributed by atoms with Gasteiger partial charge in [-0.2, -0.15) is 0 Å². The van der Waals surface area contributed by atoms with Crippen molar-refractivity contribution >= 4 is 17.5 Å². The van der Waals surface area contributed by atoms with Crippen molar-refractivity contribution in [3.8, 4) is 5.75 Å². The lowest BCUT2D eigenvalue weighted by Gasteiger charge is -2.25. The summed E-state index contributed by atoms with van der Waals surface area (Å²) < 4.78 is 5.74. The lowest BCUT2D eigenvalue weighted by Crippen LogP contribution is -2.47. The van der Waals surface area contributed by atoms with Gasteiger partial charge in [-0.15, -0.1) is 0 Å². The van der Waals surface area contributed by atoms with Crippen LogP contribution >= 0.6 is 11.6 Å². The number of rotatable bonds is 4. The normalized spacial score (nSPS) is 12.9. The molecule has 1 rings (SSSR count). The summed E-state index contributed by atoms with van der Waals surface area (Å²) in [5.41, 5.74) is 0.675. The van der Waals surface area contributed by atoms with E-state index in [1.807, 2.05) is 40.7 Å². The van der Waals surface area contributed by atoms with Crippen LogP contribution in [0.15, 0.2) is 18.2 Å². The molecule has 0 spiro atoms. The van der Waals surface area contributed by atoms with E-state index in [0.717, 1.165) is 5.56 Å². The lowest BCUT2D eigenvalue weighted by molar-refractivity contribution is -0.129. The highest BCUT2D eigenvalue weighted by Crippen LogP contribution is 2.22. The van der Waals surface area contributed by atoms with E-state index in [0.29, 0.717) is 17.2 Å². The summed E-state index contributed by atoms with van der Waals surface area (Å²) >= 11 is 5.97. The topological polar surface area (TPSA) is 38.3 Å². The van der Waals surface area contributed by atoms with Gasteiger partial charge in [0.2, 0.25) is 0 Å². The van der Waals surface area contributed by atoms with Gasteiger partial charge in [-0.05, 0) is 57.9 Å². The Balaban J connectivity index is 2.76. The van der Waals surface area contributed by atoms with Gasteiger partial charge in [0.05, 0.1) is 0 Å². The molecule has 1 N–H and O–H groups in total. The van der Waals surface area contributed by atoms with E-state index in [9.17, 15) is 4.79 Å². The SMILES string of the molecule is CCC(Oc1ccc(Cl)c(C)c1)C(=O)NC(C)(C)C. The Hall–Kier alpha value is -1.22. The van der Waals surface area contributed by atoms with Crippen molar-refractivity contribution in [3.63, 3.8) is 0 Å². The first kappa shape index (κ1) is 15.8. The van der Waals surface area contributed by atoms with E-state index in [-0.39, 0.29) is 11.4 Å². The largest absolute Gasteiger partial charge is 0.481 e. The smallest absolute Gasteiger partial charge is 0.261 e. The summed E-state index contributed by atoms with van der Waals surface area (Å²) in [6.07, 6.45) is 0.128. The maximum atomic E-state index is 12.1. The van der Waals surface area contributed by atoms with Gasteiger partial charge >= 0.3 is 0 Å². The molecule has 0 aliphatic rings. The summed E-state index contributed by atoms with van der Waals surface area (Å²) in [5, 5.41) is 3.62. The molecule has 0 fully saturated rings. The molecule has 1 aromatic carbocycles. The molecule has 0 aliphatic heterocycles. The maximum Gasteiger partial charge on any atom is 0.261 e. The van der Waals surface area contributed by atoms with Gasteiger partial charge in [0.15, 0.2) is 6.10 Å². The Labute approximate surface area is 120 Å². The van der Waals surface area contributed by atoms with Gasteiger partial charge in [0.25, 0.3) is 5.91 Å². The summed E-state index contributed by atoms with van der Waals surface area (Å²) in [5.74, 6) is 0.570. The fourth-order valence-corrected chi connectivity index (χ4v) is 1.74. The Morgan fingerprint density at radius 3 is 2.53 bits per heavy atom. The molecule has 1 aromatic rings. The molecule has 3 nitrogen and oxygen atoms in total. The predicted octanol–water partition coefficient (Wildman–Crippen LogP) is 3.72. The van der Waals surface area contributed by atoms with Crippen molar-refractivity contribution in [2.75, 3.05) is 0 Å². The molecule has 0 heterocycles. The van der Waals surface area contributed by atoms with Crippen LogP contribution in [0.1, 0.15) is 39.7 Å². The second kappa shape index (κ2) is 6.29. The molecule has 19 heavy (non-hydrogen) atoms. The molecule has 0 saturated heterocycles. The van der Waals surface area contributed by atoms with Crippen molar-refractivity contribution in [2.45, 2.75) is 52.7 Å². The summed E-state index contributed by atoms with van der Waals surface area (Å²) in [6, 6.07) is 5.40. The van der Waals surface area contributed by atoms with Crippen LogP contribution in [0.4, 0.5) is 0 Å². The number of hydrogen-bond donors (Lipinski definition) is 1. The van der Waals surface area contributed by atoms with E-state index in [2.05, 4.69) is 5.32 Å². The van der Waals surface area contributed by atoms with Crippen LogP contribution in [0.2, 0.25) is 5.02 Å². The number of benzene rings is 1. The van der Waals surface area contributed by atoms with E-state index in [1.54, 1.807) is 12.1 Å². The molecule has 0 aliphatic carbocycles. The van der Waals surface area contributed by atoms with Crippen LogP contribution in [0.25, 0.3) is 0 Å². The first-order chi connectivity index (χ1) is 8.73. The number of carbonyl (C=O) groups excluding carboxylic acids is 1. The number of aryl methyl sites for hydroxylation is 1. The van der Waals surface area contributed by atoms with Crippen LogP contribution in [-0.4, -0.2) is 17.6 Å². The van der Waals surface area contributed by atoms with Crippen molar-refractivity contribution < 1.29 is 9.53 Å². The first-order valence-corrected chi connectivity index (χ1v) is 6.85. The van der Waals surface area contributed by atoms with E-state index in [4.69, 9.17) is 16.3 Å². The summed E-state index contributed by atoms with van der Waals surface area (Å²) in [6.45, 7) is 9.68. The molecule has 0 bridgehead atoms. The first-order valence-electron chi connectivity index (χ1n) is 6.47. The Morgan fingerprint density at radius 1 is 1.42 bits per heavy atom. The molecule has 4 heteroatoms. The molecule has 1 unspecified atom stereocenters. The van der Waals surface area contributed by atoms with Gasteiger partial charge in [-0.3, -0.25) is 4.79 Å². The quantitative estimate of drug-likeness (QED) is 0.914. The van der Waals surface area contributed by atoms with Gasteiger partial charge in [-0.25, -0.2) is 0 Å². The zero-order valence-electron chi connectivity index (χ0n) is 12.2. The third-order valence-electron chi connectivity index (χ3n) is 2.57. The number of ether oxygens (including phenoxy) is 1. The fourth-order valence-electron chi connectivity index (χ4n) is 1.63. The Bertz CT molecular complexity index is 452. The van der Waals surface area contributed by atoms with Gasteiger partial charge in [0.1, 0.15) is 5.75 Å². The third-order valence-corrected chi connectivity index (χ3v) is 2.99. The molecule has 1 amide bonds. The number of halogens is 1. The van der Waals surface area contributed by atoms with Crippen molar-refractivity contribution in [1.29, 1.82) is 0 Å². The number of hydrogen-bond acceptors (Lipinski definition) is 2. The highest BCUT2D eigenvalue weighted by Gasteiger charge is 2.23. The maximum absolute atomic E-state index is 12.1.